The van der Waals surface area contributed by atoms with E-state index >= 15 is 0 Å². The predicted octanol–water partition coefficient (Wildman–Crippen LogP) is 3.47. The standard InChI is InChI=1S/C17H13NO2.C8H6N6/c18-15-13-9-5-4-8-12(13)10-14(17(15)20)16(19)11-6-2-1-3-7-11;9-4-6-5-13-14(7(6)10)8-11-2-1-3-12-8/h1-10,20H,18H2;1-3,5H,10H2. The molecule has 9 nitrogen and oxygen atoms in total. The number of phenols is 1. The number of carbonyl (C=O) groups is 1. The Morgan fingerprint density at radius 1 is 0.971 bits per heavy atom. The second kappa shape index (κ2) is 9.50. The van der Waals surface area contributed by atoms with E-state index in [1.165, 1.54) is 10.9 Å². The van der Waals surface area contributed by atoms with Gasteiger partial charge in [-0.3, -0.25) is 4.79 Å². The maximum Gasteiger partial charge on any atom is 0.252 e. The van der Waals surface area contributed by atoms with Gasteiger partial charge in [-0.05, 0) is 17.5 Å². The number of nitriles is 1. The monoisotopic (exact) mass is 449 g/mol. The van der Waals surface area contributed by atoms with Gasteiger partial charge in [-0.15, -0.1) is 0 Å². The molecule has 5 rings (SSSR count). The number of nitrogens with two attached hydrogens (primary N) is 2. The molecule has 0 atom stereocenters. The Kier molecular flexibility index (Phi) is 6.14. The van der Waals surface area contributed by atoms with E-state index in [-0.39, 0.29) is 28.6 Å². The summed E-state index contributed by atoms with van der Waals surface area (Å²) < 4.78 is 1.32. The van der Waals surface area contributed by atoms with Gasteiger partial charge in [-0.2, -0.15) is 15.0 Å². The molecule has 0 saturated heterocycles. The Labute approximate surface area is 194 Å². The summed E-state index contributed by atoms with van der Waals surface area (Å²) in [5.41, 5.74) is 12.9. The molecule has 3 aromatic carbocycles. The quantitative estimate of drug-likeness (QED) is 0.215. The molecule has 0 spiro atoms. The van der Waals surface area contributed by atoms with Crippen LogP contribution in [0.5, 0.6) is 5.75 Å². The van der Waals surface area contributed by atoms with Crippen LogP contribution in [-0.4, -0.2) is 30.6 Å². The first-order valence-electron chi connectivity index (χ1n) is 10.1. The number of benzene rings is 3. The third-order valence-electron chi connectivity index (χ3n) is 5.01. The van der Waals surface area contributed by atoms with Gasteiger partial charge in [-0.1, -0.05) is 54.6 Å². The summed E-state index contributed by atoms with van der Waals surface area (Å²) in [6.07, 6.45) is 4.54. The number of carbonyl (C=O) groups excluding carboxylic acids is 1. The number of aromatic hydroxyl groups is 1. The van der Waals surface area contributed by atoms with Crippen molar-refractivity contribution >= 4 is 28.1 Å². The van der Waals surface area contributed by atoms with E-state index in [0.717, 1.165) is 10.8 Å². The Balaban J connectivity index is 0.000000172. The van der Waals surface area contributed by atoms with Crippen LogP contribution in [0.4, 0.5) is 11.5 Å². The van der Waals surface area contributed by atoms with Gasteiger partial charge in [-0.25, -0.2) is 9.97 Å². The minimum Gasteiger partial charge on any atom is -0.505 e. The largest absolute Gasteiger partial charge is 0.505 e. The van der Waals surface area contributed by atoms with Gasteiger partial charge in [0.2, 0.25) is 0 Å². The number of ketones is 1. The molecule has 0 aliphatic heterocycles. The fourth-order valence-electron chi connectivity index (χ4n) is 3.29. The number of phenolic OH excluding ortho intramolecular Hbond substituents is 1. The highest BCUT2D eigenvalue weighted by atomic mass is 16.3. The highest BCUT2D eigenvalue weighted by Crippen LogP contribution is 2.34. The lowest BCUT2D eigenvalue weighted by Gasteiger charge is -2.10. The fraction of sp³-hybridized carbons (Fsp3) is 0. The van der Waals surface area contributed by atoms with Crippen LogP contribution in [0.2, 0.25) is 0 Å². The van der Waals surface area contributed by atoms with Gasteiger partial charge in [0.05, 0.1) is 17.4 Å². The second-order valence-corrected chi connectivity index (χ2v) is 7.12. The van der Waals surface area contributed by atoms with Crippen molar-refractivity contribution in [1.29, 1.82) is 5.26 Å². The van der Waals surface area contributed by atoms with Crippen LogP contribution in [-0.2, 0) is 0 Å². The van der Waals surface area contributed by atoms with E-state index < -0.39 is 0 Å². The molecule has 166 valence electrons. The van der Waals surface area contributed by atoms with E-state index in [1.807, 2.05) is 36.4 Å². The first kappa shape index (κ1) is 22.0. The number of anilines is 2. The molecule has 9 heteroatoms. The topological polar surface area (TPSA) is 157 Å². The summed E-state index contributed by atoms with van der Waals surface area (Å²) in [4.78, 5) is 20.4. The van der Waals surface area contributed by atoms with Crippen molar-refractivity contribution in [2.75, 3.05) is 11.5 Å². The normalized spacial score (nSPS) is 10.2. The van der Waals surface area contributed by atoms with Gasteiger partial charge >= 0.3 is 0 Å². The molecular formula is C25H19N7O2. The van der Waals surface area contributed by atoms with Gasteiger partial charge in [0.1, 0.15) is 23.2 Å². The smallest absolute Gasteiger partial charge is 0.252 e. The van der Waals surface area contributed by atoms with E-state index in [2.05, 4.69) is 15.1 Å². The van der Waals surface area contributed by atoms with Gasteiger partial charge in [0.25, 0.3) is 5.95 Å². The molecule has 34 heavy (non-hydrogen) atoms. The predicted molar refractivity (Wildman–Crippen MR) is 128 cm³/mol. The number of hydrogen-bond acceptors (Lipinski definition) is 8. The summed E-state index contributed by atoms with van der Waals surface area (Å²) in [5.74, 6) is 0.211. The van der Waals surface area contributed by atoms with Crippen molar-refractivity contribution < 1.29 is 9.90 Å². The Morgan fingerprint density at radius 3 is 2.32 bits per heavy atom. The lowest BCUT2D eigenvalue weighted by atomic mass is 9.97. The third-order valence-corrected chi connectivity index (χ3v) is 5.01. The molecular weight excluding hydrogens is 430 g/mol. The van der Waals surface area contributed by atoms with E-state index in [4.69, 9.17) is 16.7 Å². The summed E-state index contributed by atoms with van der Waals surface area (Å²) in [6, 6.07) is 21.5. The maximum absolute atomic E-state index is 12.4. The molecule has 0 unspecified atom stereocenters. The highest BCUT2D eigenvalue weighted by Gasteiger charge is 2.17. The summed E-state index contributed by atoms with van der Waals surface area (Å²) in [7, 11) is 0. The molecule has 0 aliphatic rings. The SMILES string of the molecule is N#Cc1cnn(-c2ncccn2)c1N.Nc1c(O)c(C(=O)c2ccccc2)cc2ccccc12. The fourth-order valence-corrected chi connectivity index (χ4v) is 3.29. The van der Waals surface area contributed by atoms with Crippen LogP contribution in [0.3, 0.4) is 0 Å². The molecule has 2 heterocycles. The Morgan fingerprint density at radius 2 is 1.65 bits per heavy atom. The third kappa shape index (κ3) is 4.24. The zero-order chi connectivity index (χ0) is 24.1. The highest BCUT2D eigenvalue weighted by molar-refractivity contribution is 6.15. The van der Waals surface area contributed by atoms with E-state index in [9.17, 15) is 9.90 Å². The minimum atomic E-state index is -0.236. The molecule has 2 aromatic heterocycles. The lowest BCUT2D eigenvalue weighted by Crippen LogP contribution is -2.06. The minimum absolute atomic E-state index is 0.155. The van der Waals surface area contributed by atoms with Gasteiger partial charge in [0.15, 0.2) is 5.78 Å². The molecule has 0 amide bonds. The number of fused-ring (bicyclic) bond motifs is 1. The molecule has 0 fully saturated rings. The van der Waals surface area contributed by atoms with Crippen molar-refractivity contribution in [2.24, 2.45) is 0 Å². The summed E-state index contributed by atoms with van der Waals surface area (Å²) in [5, 5.41) is 24.3. The van der Waals surface area contributed by atoms with Crippen LogP contribution in [0, 0.1) is 11.3 Å². The average molecular weight is 449 g/mol. The zero-order valence-electron chi connectivity index (χ0n) is 17.8. The number of nitrogens with zero attached hydrogens (tertiary/aromatic N) is 5. The summed E-state index contributed by atoms with van der Waals surface area (Å²) in [6.45, 7) is 0. The van der Waals surface area contributed by atoms with Crippen molar-refractivity contribution in [3.63, 3.8) is 0 Å². The molecule has 0 aliphatic carbocycles. The lowest BCUT2D eigenvalue weighted by molar-refractivity contribution is 0.103. The van der Waals surface area contributed by atoms with Crippen LogP contribution < -0.4 is 11.5 Å². The number of rotatable bonds is 3. The first-order chi connectivity index (χ1) is 16.5. The Bertz CT molecular complexity index is 1510. The van der Waals surface area contributed by atoms with Gasteiger partial charge < -0.3 is 16.6 Å². The van der Waals surface area contributed by atoms with Crippen molar-refractivity contribution in [3.8, 4) is 17.8 Å². The van der Waals surface area contributed by atoms with Crippen LogP contribution in [0.1, 0.15) is 21.5 Å². The van der Waals surface area contributed by atoms with Gasteiger partial charge in [0, 0.05) is 23.3 Å². The molecule has 5 N–H and O–H groups in total. The summed E-state index contributed by atoms with van der Waals surface area (Å²) >= 11 is 0. The first-order valence-corrected chi connectivity index (χ1v) is 10.1. The van der Waals surface area contributed by atoms with Crippen molar-refractivity contribution in [3.05, 3.63) is 102 Å². The molecule has 0 saturated carbocycles. The van der Waals surface area contributed by atoms with E-state index in [0.29, 0.717) is 17.1 Å². The zero-order valence-corrected chi connectivity index (χ0v) is 17.8. The maximum atomic E-state index is 12.4. The average Bonchev–Trinajstić information content (AvgIpc) is 3.27. The van der Waals surface area contributed by atoms with Crippen molar-refractivity contribution in [2.45, 2.75) is 0 Å². The molecule has 5 aromatic rings. The second-order valence-electron chi connectivity index (χ2n) is 7.12. The number of nitrogen functional groups attached to an aromatic ring is 2. The van der Waals surface area contributed by atoms with Crippen LogP contribution >= 0.6 is 0 Å². The molecule has 0 bridgehead atoms. The van der Waals surface area contributed by atoms with Crippen LogP contribution in [0.25, 0.3) is 16.7 Å². The number of hydrogen-bond donors (Lipinski definition) is 3. The number of aromatic nitrogens is 4. The van der Waals surface area contributed by atoms with Crippen molar-refractivity contribution in [1.82, 2.24) is 19.7 Å². The molecule has 0 radical (unpaired) electrons. The van der Waals surface area contributed by atoms with Crippen LogP contribution in [0.15, 0.2) is 85.3 Å². The Hall–Kier alpha value is -5.23. The van der Waals surface area contributed by atoms with E-state index in [1.54, 1.807) is 48.8 Å².